The molecule has 3 aromatic carbocycles. The molecule has 0 unspecified atom stereocenters. The minimum Gasteiger partial charge on any atom is -0.507 e. The van der Waals surface area contributed by atoms with E-state index in [0.29, 0.717) is 45.6 Å². The van der Waals surface area contributed by atoms with E-state index in [1.54, 1.807) is 60.7 Å². The van der Waals surface area contributed by atoms with Crippen LogP contribution in [0.1, 0.15) is 29.7 Å². The average Bonchev–Trinajstić information content (AvgIpc) is 3.59. The lowest BCUT2D eigenvalue weighted by Crippen LogP contribution is -2.29. The van der Waals surface area contributed by atoms with Crippen molar-refractivity contribution in [3.05, 3.63) is 101 Å². The average molecular weight is 559 g/mol. The van der Waals surface area contributed by atoms with Gasteiger partial charge in [-0.25, -0.2) is 4.98 Å². The largest absolute Gasteiger partial charge is 0.507 e. The van der Waals surface area contributed by atoms with E-state index in [1.165, 1.54) is 16.2 Å². The molecule has 0 saturated carbocycles. The summed E-state index contributed by atoms with van der Waals surface area (Å²) in [5.41, 5.74) is 2.64. The van der Waals surface area contributed by atoms with Crippen molar-refractivity contribution in [3.8, 4) is 11.5 Å². The summed E-state index contributed by atoms with van der Waals surface area (Å²) >= 11 is 7.43. The van der Waals surface area contributed by atoms with Gasteiger partial charge in [-0.15, -0.1) is 0 Å². The van der Waals surface area contributed by atoms with Gasteiger partial charge in [-0.1, -0.05) is 47.7 Å². The van der Waals surface area contributed by atoms with E-state index < -0.39 is 17.7 Å². The van der Waals surface area contributed by atoms with Crippen LogP contribution in [0.5, 0.6) is 11.5 Å². The number of benzene rings is 3. The number of ether oxygens (including phenoxy) is 2. The number of anilines is 1. The van der Waals surface area contributed by atoms with Gasteiger partial charge in [-0.3, -0.25) is 14.5 Å². The summed E-state index contributed by atoms with van der Waals surface area (Å²) in [5, 5.41) is 12.4. The lowest BCUT2D eigenvalue weighted by Gasteiger charge is -2.23. The third-order valence-corrected chi connectivity index (χ3v) is 7.98. The summed E-state index contributed by atoms with van der Waals surface area (Å²) in [6.45, 7) is 5.97. The van der Waals surface area contributed by atoms with E-state index in [9.17, 15) is 14.7 Å². The highest BCUT2D eigenvalue weighted by molar-refractivity contribution is 7.22. The number of thiazole rings is 1. The SMILES string of the molecule is C=CCOc1ccc([C@@H]2/C(=C(\O)c3ccc4c(c3)C[C@@H](C)O4)C(=O)C(=O)N2c2nc3ccc(Cl)cc3s2)cc1. The van der Waals surface area contributed by atoms with Gasteiger partial charge in [0.05, 0.1) is 21.8 Å². The van der Waals surface area contributed by atoms with E-state index in [1.807, 2.05) is 13.0 Å². The summed E-state index contributed by atoms with van der Waals surface area (Å²) in [4.78, 5) is 33.1. The number of aromatic nitrogens is 1. The van der Waals surface area contributed by atoms with Gasteiger partial charge in [0.2, 0.25) is 0 Å². The molecule has 1 fully saturated rings. The molecule has 2 atom stereocenters. The highest BCUT2D eigenvalue weighted by Gasteiger charge is 2.48. The Bertz CT molecular complexity index is 1680. The molecule has 2 aliphatic rings. The number of carbonyl (C=O) groups excluding carboxylic acids is 2. The fourth-order valence-electron chi connectivity index (χ4n) is 4.96. The van der Waals surface area contributed by atoms with Gasteiger partial charge in [0, 0.05) is 17.0 Å². The van der Waals surface area contributed by atoms with Gasteiger partial charge in [0.1, 0.15) is 30.0 Å². The smallest absolute Gasteiger partial charge is 0.301 e. The van der Waals surface area contributed by atoms with Crippen molar-refractivity contribution in [2.75, 3.05) is 11.5 Å². The van der Waals surface area contributed by atoms with Crippen LogP contribution in [0.15, 0.2) is 78.9 Å². The number of aliphatic hydroxyl groups excluding tert-OH is 1. The lowest BCUT2D eigenvalue weighted by molar-refractivity contribution is -0.132. The van der Waals surface area contributed by atoms with E-state index >= 15 is 0 Å². The number of hydrogen-bond donors (Lipinski definition) is 1. The second kappa shape index (κ2) is 9.87. The van der Waals surface area contributed by atoms with Crippen LogP contribution < -0.4 is 14.4 Å². The molecule has 2 aliphatic heterocycles. The third-order valence-electron chi connectivity index (χ3n) is 6.72. The minimum atomic E-state index is -0.905. The number of rotatable bonds is 6. The number of amides is 1. The molecule has 9 heteroatoms. The van der Waals surface area contributed by atoms with Crippen molar-refractivity contribution in [2.24, 2.45) is 0 Å². The summed E-state index contributed by atoms with van der Waals surface area (Å²) in [5.74, 6) is -0.444. The standard InChI is InChI=1S/C30H23ClN2O5S/c1-3-12-37-21-8-4-17(5-9-21)26-25(27(34)18-6-11-23-19(14-18)13-16(2)38-23)28(35)29(36)33(26)30-32-22-10-7-20(31)15-24(22)39-30/h3-11,14-16,26,34H,1,12-13H2,2H3/b27-25+/t16-,26-/m1/s1. The van der Waals surface area contributed by atoms with Gasteiger partial charge >= 0.3 is 5.91 Å². The van der Waals surface area contributed by atoms with E-state index in [-0.39, 0.29) is 17.4 Å². The molecule has 6 rings (SSSR count). The topological polar surface area (TPSA) is 89.0 Å². The summed E-state index contributed by atoms with van der Waals surface area (Å²) in [6, 6.07) is 16.7. The number of nitrogens with zero attached hydrogens (tertiary/aromatic N) is 2. The molecule has 1 amide bonds. The Morgan fingerprint density at radius 1 is 1.21 bits per heavy atom. The van der Waals surface area contributed by atoms with Crippen LogP contribution in [0.3, 0.4) is 0 Å². The number of fused-ring (bicyclic) bond motifs is 2. The Kier molecular flexibility index (Phi) is 6.37. The fourth-order valence-corrected chi connectivity index (χ4v) is 6.23. The predicted octanol–water partition coefficient (Wildman–Crippen LogP) is 6.46. The number of aliphatic hydroxyl groups is 1. The Balaban J connectivity index is 1.50. The first kappa shape index (κ1) is 25.2. The number of carbonyl (C=O) groups is 2. The number of halogens is 1. The Morgan fingerprint density at radius 2 is 2.00 bits per heavy atom. The van der Waals surface area contributed by atoms with Gasteiger partial charge in [-0.2, -0.15) is 0 Å². The van der Waals surface area contributed by atoms with Gasteiger partial charge < -0.3 is 14.6 Å². The number of ketones is 1. The number of Topliss-reactive ketones (excluding diaryl/α,β-unsaturated/α-hetero) is 1. The molecule has 1 aromatic heterocycles. The molecule has 3 heterocycles. The first-order valence-corrected chi connectivity index (χ1v) is 13.5. The maximum atomic E-state index is 13.5. The molecule has 0 bridgehead atoms. The second-order valence-corrected chi connectivity index (χ2v) is 10.8. The lowest BCUT2D eigenvalue weighted by atomic mass is 9.94. The first-order chi connectivity index (χ1) is 18.8. The Hall–Kier alpha value is -4.14. The normalized spacial score (nSPS) is 19.8. The molecule has 39 heavy (non-hydrogen) atoms. The quantitative estimate of drug-likeness (QED) is 0.126. The van der Waals surface area contributed by atoms with Crippen LogP contribution in [-0.4, -0.2) is 34.5 Å². The number of hydrogen-bond acceptors (Lipinski definition) is 7. The second-order valence-electron chi connectivity index (χ2n) is 9.40. The van der Waals surface area contributed by atoms with Crippen LogP contribution in [0.25, 0.3) is 16.0 Å². The molecule has 0 aliphatic carbocycles. The molecular weight excluding hydrogens is 536 g/mol. The molecule has 7 nitrogen and oxygen atoms in total. The maximum absolute atomic E-state index is 13.5. The van der Waals surface area contributed by atoms with E-state index in [4.69, 9.17) is 21.1 Å². The van der Waals surface area contributed by atoms with Crippen molar-refractivity contribution < 1.29 is 24.2 Å². The zero-order chi connectivity index (χ0) is 27.3. The summed E-state index contributed by atoms with van der Waals surface area (Å²) in [6.07, 6.45) is 2.36. The molecule has 196 valence electrons. The Labute approximate surface area is 233 Å². The maximum Gasteiger partial charge on any atom is 0.301 e. The van der Waals surface area contributed by atoms with Crippen molar-refractivity contribution in [2.45, 2.75) is 25.5 Å². The zero-order valence-electron chi connectivity index (χ0n) is 20.9. The molecule has 1 saturated heterocycles. The monoisotopic (exact) mass is 558 g/mol. The third kappa shape index (κ3) is 4.45. The predicted molar refractivity (Wildman–Crippen MR) is 152 cm³/mol. The van der Waals surface area contributed by atoms with Crippen molar-refractivity contribution in [3.63, 3.8) is 0 Å². The van der Waals surface area contributed by atoms with Crippen molar-refractivity contribution in [1.29, 1.82) is 0 Å². The van der Waals surface area contributed by atoms with E-state index in [2.05, 4.69) is 11.6 Å². The summed E-state index contributed by atoms with van der Waals surface area (Å²) in [7, 11) is 0. The van der Waals surface area contributed by atoms with Crippen LogP contribution in [0.2, 0.25) is 5.02 Å². The Morgan fingerprint density at radius 3 is 2.77 bits per heavy atom. The molecular formula is C30H23ClN2O5S. The van der Waals surface area contributed by atoms with E-state index in [0.717, 1.165) is 16.0 Å². The highest BCUT2D eigenvalue weighted by atomic mass is 35.5. The van der Waals surface area contributed by atoms with Crippen LogP contribution in [0.4, 0.5) is 5.13 Å². The van der Waals surface area contributed by atoms with Crippen LogP contribution in [0, 0.1) is 0 Å². The first-order valence-electron chi connectivity index (χ1n) is 12.3. The fraction of sp³-hybridized carbons (Fsp3) is 0.167. The highest BCUT2D eigenvalue weighted by Crippen LogP contribution is 2.45. The zero-order valence-corrected chi connectivity index (χ0v) is 22.5. The summed E-state index contributed by atoms with van der Waals surface area (Å²) < 4.78 is 12.2. The molecule has 0 spiro atoms. The van der Waals surface area contributed by atoms with Gasteiger partial charge in [0.25, 0.3) is 5.78 Å². The van der Waals surface area contributed by atoms with Crippen LogP contribution >= 0.6 is 22.9 Å². The van der Waals surface area contributed by atoms with Crippen LogP contribution in [-0.2, 0) is 16.0 Å². The molecule has 0 radical (unpaired) electrons. The van der Waals surface area contributed by atoms with Gasteiger partial charge in [0.15, 0.2) is 5.13 Å². The van der Waals surface area contributed by atoms with Crippen molar-refractivity contribution in [1.82, 2.24) is 4.98 Å². The van der Waals surface area contributed by atoms with Gasteiger partial charge in [-0.05, 0) is 66.6 Å². The molecule has 4 aromatic rings. The molecule has 1 N–H and O–H groups in total. The minimum absolute atomic E-state index is 0.0102. The van der Waals surface area contributed by atoms with Crippen molar-refractivity contribution >= 4 is 55.7 Å².